The van der Waals surface area contributed by atoms with E-state index in [1.165, 1.54) is 18.2 Å². The molecule has 0 radical (unpaired) electrons. The van der Waals surface area contributed by atoms with Gasteiger partial charge in [0.15, 0.2) is 5.69 Å². The van der Waals surface area contributed by atoms with Gasteiger partial charge >= 0.3 is 5.97 Å². The summed E-state index contributed by atoms with van der Waals surface area (Å²) in [6, 6.07) is 12.4. The van der Waals surface area contributed by atoms with Crippen LogP contribution in [0.1, 0.15) is 26.4 Å². The van der Waals surface area contributed by atoms with E-state index < -0.39 is 17.7 Å². The van der Waals surface area contributed by atoms with Crippen LogP contribution in [0.2, 0.25) is 0 Å². The second kappa shape index (κ2) is 6.56. The van der Waals surface area contributed by atoms with E-state index in [0.29, 0.717) is 11.1 Å². The van der Waals surface area contributed by atoms with Gasteiger partial charge in [-0.05, 0) is 31.2 Å². The van der Waals surface area contributed by atoms with Crippen molar-refractivity contribution in [1.82, 2.24) is 10.2 Å². The Labute approximate surface area is 142 Å². The summed E-state index contributed by atoms with van der Waals surface area (Å²) in [6.45, 7) is 1.84. The summed E-state index contributed by atoms with van der Waals surface area (Å²) in [4.78, 5) is 23.9. The molecule has 0 saturated carbocycles. The van der Waals surface area contributed by atoms with Crippen molar-refractivity contribution in [1.29, 1.82) is 0 Å². The minimum atomic E-state index is -1.28. The number of hydrogen-bond donors (Lipinski definition) is 3. The number of H-pyrrole nitrogens is 1. The van der Waals surface area contributed by atoms with Crippen molar-refractivity contribution in [2.75, 3.05) is 5.32 Å². The summed E-state index contributed by atoms with van der Waals surface area (Å²) in [5.41, 5.74) is 1.48. The highest BCUT2D eigenvalue weighted by Crippen LogP contribution is 2.29. The zero-order valence-corrected chi connectivity index (χ0v) is 13.2. The summed E-state index contributed by atoms with van der Waals surface area (Å²) in [6.07, 6.45) is 0. The van der Waals surface area contributed by atoms with Crippen molar-refractivity contribution in [2.24, 2.45) is 0 Å². The van der Waals surface area contributed by atoms with E-state index in [1.807, 2.05) is 13.0 Å². The van der Waals surface area contributed by atoms with Gasteiger partial charge in [0.1, 0.15) is 17.2 Å². The molecule has 1 amide bonds. The van der Waals surface area contributed by atoms with E-state index in [0.717, 1.165) is 5.56 Å². The monoisotopic (exact) mass is 339 g/mol. The molecule has 0 atom stereocenters. The number of aryl methyl sites for hydroxylation is 1. The van der Waals surface area contributed by atoms with Crippen molar-refractivity contribution in [3.63, 3.8) is 0 Å². The number of carboxylic acid groups (broad SMARTS) is 1. The highest BCUT2D eigenvalue weighted by Gasteiger charge is 2.22. The zero-order valence-electron chi connectivity index (χ0n) is 13.2. The number of carboxylic acids is 1. The normalized spacial score (nSPS) is 10.5. The van der Waals surface area contributed by atoms with Crippen LogP contribution >= 0.6 is 0 Å². The molecular formula is C18H14FN3O3. The fourth-order valence-electron chi connectivity index (χ4n) is 2.44. The lowest BCUT2D eigenvalue weighted by molar-refractivity contribution is 0.0691. The highest BCUT2D eigenvalue weighted by molar-refractivity contribution is 6.09. The summed E-state index contributed by atoms with van der Waals surface area (Å²) in [7, 11) is 0. The first kappa shape index (κ1) is 16.4. The standard InChI is InChI=1S/C18H14FN3O3/c1-10-4-2-6-12(8-10)17(23)20-15-14(21-22-16(15)18(24)25)11-5-3-7-13(19)9-11/h2-9H,1H3,(H,20,23)(H,21,22)(H,24,25). The molecule has 3 aromatic rings. The molecule has 0 unspecified atom stereocenters. The van der Waals surface area contributed by atoms with Gasteiger partial charge in [0.25, 0.3) is 5.91 Å². The molecule has 0 spiro atoms. The Hall–Kier alpha value is -3.48. The van der Waals surface area contributed by atoms with Gasteiger partial charge in [0.05, 0.1) is 0 Å². The van der Waals surface area contributed by atoms with Gasteiger partial charge in [-0.1, -0.05) is 29.8 Å². The van der Waals surface area contributed by atoms with Crippen LogP contribution in [0, 0.1) is 12.7 Å². The molecule has 6 nitrogen and oxygen atoms in total. The molecule has 2 aromatic carbocycles. The number of halogens is 1. The largest absolute Gasteiger partial charge is 0.476 e. The predicted octanol–water partition coefficient (Wildman–Crippen LogP) is 3.47. The summed E-state index contributed by atoms with van der Waals surface area (Å²) in [5.74, 6) is -2.26. The van der Waals surface area contributed by atoms with Crippen LogP contribution in [0.25, 0.3) is 11.3 Å². The first-order chi connectivity index (χ1) is 12.0. The molecular weight excluding hydrogens is 325 g/mol. The minimum Gasteiger partial charge on any atom is -0.476 e. The molecule has 0 bridgehead atoms. The van der Waals surface area contributed by atoms with Crippen molar-refractivity contribution in [3.8, 4) is 11.3 Å². The third-order valence-corrected chi connectivity index (χ3v) is 3.60. The number of rotatable bonds is 4. The Kier molecular flexibility index (Phi) is 4.30. The maximum absolute atomic E-state index is 13.5. The maximum Gasteiger partial charge on any atom is 0.356 e. The Morgan fingerprint density at radius 1 is 1.16 bits per heavy atom. The molecule has 0 fully saturated rings. The number of hydrogen-bond acceptors (Lipinski definition) is 3. The van der Waals surface area contributed by atoms with Crippen molar-refractivity contribution < 1.29 is 19.1 Å². The number of aromatic nitrogens is 2. The number of benzene rings is 2. The molecule has 0 aliphatic rings. The van der Waals surface area contributed by atoms with Crippen LogP contribution in [0.5, 0.6) is 0 Å². The van der Waals surface area contributed by atoms with Crippen LogP contribution in [0.3, 0.4) is 0 Å². The van der Waals surface area contributed by atoms with E-state index in [4.69, 9.17) is 0 Å². The molecule has 126 valence electrons. The van der Waals surface area contributed by atoms with E-state index in [9.17, 15) is 19.1 Å². The third kappa shape index (κ3) is 3.40. The number of aromatic carboxylic acids is 1. The second-order valence-corrected chi connectivity index (χ2v) is 5.46. The Bertz CT molecular complexity index is 966. The van der Waals surface area contributed by atoms with E-state index >= 15 is 0 Å². The smallest absolute Gasteiger partial charge is 0.356 e. The molecule has 0 saturated heterocycles. The summed E-state index contributed by atoms with van der Waals surface area (Å²) >= 11 is 0. The average Bonchev–Trinajstić information content (AvgIpc) is 2.98. The first-order valence-corrected chi connectivity index (χ1v) is 7.41. The van der Waals surface area contributed by atoms with E-state index in [-0.39, 0.29) is 17.1 Å². The van der Waals surface area contributed by atoms with Crippen LogP contribution in [-0.4, -0.2) is 27.2 Å². The quantitative estimate of drug-likeness (QED) is 0.678. The van der Waals surface area contributed by atoms with Crippen LogP contribution in [0.4, 0.5) is 10.1 Å². The van der Waals surface area contributed by atoms with E-state index in [2.05, 4.69) is 15.5 Å². The predicted molar refractivity (Wildman–Crippen MR) is 90.1 cm³/mol. The lowest BCUT2D eigenvalue weighted by atomic mass is 10.1. The average molecular weight is 339 g/mol. The molecule has 0 aliphatic carbocycles. The Balaban J connectivity index is 2.03. The lowest BCUT2D eigenvalue weighted by Gasteiger charge is -2.08. The van der Waals surface area contributed by atoms with Gasteiger partial charge in [0.2, 0.25) is 0 Å². The van der Waals surface area contributed by atoms with Gasteiger partial charge < -0.3 is 10.4 Å². The number of aromatic amines is 1. The number of carbonyl (C=O) groups is 2. The molecule has 3 rings (SSSR count). The second-order valence-electron chi connectivity index (χ2n) is 5.46. The van der Waals surface area contributed by atoms with Crippen LogP contribution < -0.4 is 5.32 Å². The number of nitrogens with one attached hydrogen (secondary N) is 2. The Morgan fingerprint density at radius 3 is 2.60 bits per heavy atom. The van der Waals surface area contributed by atoms with Gasteiger partial charge in [-0.2, -0.15) is 5.10 Å². The van der Waals surface area contributed by atoms with Crippen LogP contribution in [0.15, 0.2) is 48.5 Å². The Morgan fingerprint density at radius 2 is 1.92 bits per heavy atom. The van der Waals surface area contributed by atoms with Gasteiger partial charge in [-0.3, -0.25) is 9.89 Å². The fraction of sp³-hybridized carbons (Fsp3) is 0.0556. The highest BCUT2D eigenvalue weighted by atomic mass is 19.1. The fourth-order valence-corrected chi connectivity index (χ4v) is 2.44. The van der Waals surface area contributed by atoms with Crippen molar-refractivity contribution in [3.05, 3.63) is 71.2 Å². The molecule has 7 heteroatoms. The number of carbonyl (C=O) groups excluding carboxylic acids is 1. The lowest BCUT2D eigenvalue weighted by Crippen LogP contribution is -2.14. The zero-order chi connectivity index (χ0) is 18.0. The minimum absolute atomic E-state index is 0.00962. The van der Waals surface area contributed by atoms with Crippen molar-refractivity contribution in [2.45, 2.75) is 6.92 Å². The third-order valence-electron chi connectivity index (χ3n) is 3.60. The van der Waals surface area contributed by atoms with Crippen molar-refractivity contribution >= 4 is 17.6 Å². The molecule has 25 heavy (non-hydrogen) atoms. The maximum atomic E-state index is 13.5. The topological polar surface area (TPSA) is 95.1 Å². The summed E-state index contributed by atoms with van der Waals surface area (Å²) < 4.78 is 13.5. The van der Waals surface area contributed by atoms with Crippen LogP contribution in [-0.2, 0) is 0 Å². The van der Waals surface area contributed by atoms with Gasteiger partial charge in [0, 0.05) is 11.1 Å². The molecule has 1 aromatic heterocycles. The van der Waals surface area contributed by atoms with Gasteiger partial charge in [-0.25, -0.2) is 9.18 Å². The molecule has 3 N–H and O–H groups in total. The number of amides is 1. The molecule has 0 aliphatic heterocycles. The number of anilines is 1. The molecule has 1 heterocycles. The summed E-state index contributed by atoms with van der Waals surface area (Å²) in [5, 5.41) is 18.2. The SMILES string of the molecule is Cc1cccc(C(=O)Nc2c(-c3cccc(F)c3)n[nH]c2C(=O)O)c1. The first-order valence-electron chi connectivity index (χ1n) is 7.41. The number of nitrogens with zero attached hydrogens (tertiary/aromatic N) is 1. The van der Waals surface area contributed by atoms with Gasteiger partial charge in [-0.15, -0.1) is 0 Å². The van der Waals surface area contributed by atoms with E-state index in [1.54, 1.807) is 24.3 Å².